The highest BCUT2D eigenvalue weighted by Crippen LogP contribution is 2.36. The van der Waals surface area contributed by atoms with Crippen LogP contribution in [0.3, 0.4) is 0 Å². The molecule has 0 spiro atoms. The summed E-state index contributed by atoms with van der Waals surface area (Å²) in [6, 6.07) is 12.5. The normalized spacial score (nSPS) is 10.6. The maximum absolute atomic E-state index is 4.40. The Kier molecular flexibility index (Phi) is 3.13. The molecule has 2 heterocycles. The van der Waals surface area contributed by atoms with Gasteiger partial charge in [0.1, 0.15) is 0 Å². The zero-order valence-corrected chi connectivity index (χ0v) is 11.7. The number of hydrogen-bond acceptors (Lipinski definition) is 3. The first-order valence-electron chi connectivity index (χ1n) is 6.19. The van der Waals surface area contributed by atoms with Crippen LogP contribution in [0, 0.1) is 13.8 Å². The molecule has 94 valence electrons. The SMILES string of the molecule is Cc1ccc(-c2cccc(C)c2-c2ncccn2)s1. The minimum absolute atomic E-state index is 0.793. The van der Waals surface area contributed by atoms with Gasteiger partial charge in [0, 0.05) is 33.3 Å². The van der Waals surface area contributed by atoms with Crippen LogP contribution in [0.5, 0.6) is 0 Å². The molecule has 0 aliphatic carbocycles. The van der Waals surface area contributed by atoms with E-state index >= 15 is 0 Å². The van der Waals surface area contributed by atoms with Crippen LogP contribution in [0.1, 0.15) is 10.4 Å². The topological polar surface area (TPSA) is 25.8 Å². The van der Waals surface area contributed by atoms with E-state index in [4.69, 9.17) is 0 Å². The van der Waals surface area contributed by atoms with Gasteiger partial charge in [0.2, 0.25) is 0 Å². The number of hydrogen-bond donors (Lipinski definition) is 0. The van der Waals surface area contributed by atoms with E-state index in [0.29, 0.717) is 0 Å². The lowest BCUT2D eigenvalue weighted by molar-refractivity contribution is 1.17. The van der Waals surface area contributed by atoms with Gasteiger partial charge in [0.15, 0.2) is 5.82 Å². The molecule has 0 radical (unpaired) electrons. The second kappa shape index (κ2) is 4.94. The number of rotatable bonds is 2. The average Bonchev–Trinajstić information content (AvgIpc) is 2.86. The summed E-state index contributed by atoms with van der Waals surface area (Å²) in [4.78, 5) is 11.4. The summed E-state index contributed by atoms with van der Waals surface area (Å²) in [6.45, 7) is 4.23. The van der Waals surface area contributed by atoms with Gasteiger partial charge in [-0.25, -0.2) is 9.97 Å². The minimum atomic E-state index is 0.793. The van der Waals surface area contributed by atoms with Crippen molar-refractivity contribution >= 4 is 11.3 Å². The van der Waals surface area contributed by atoms with Crippen LogP contribution in [0.15, 0.2) is 48.8 Å². The summed E-state index contributed by atoms with van der Waals surface area (Å²) in [5.74, 6) is 0.793. The smallest absolute Gasteiger partial charge is 0.160 e. The van der Waals surface area contributed by atoms with Crippen molar-refractivity contribution in [2.75, 3.05) is 0 Å². The van der Waals surface area contributed by atoms with Gasteiger partial charge < -0.3 is 0 Å². The molecule has 0 saturated heterocycles. The van der Waals surface area contributed by atoms with Crippen molar-refractivity contribution in [1.82, 2.24) is 9.97 Å². The molecule has 3 aromatic rings. The average molecular weight is 266 g/mol. The third-order valence-corrected chi connectivity index (χ3v) is 4.10. The maximum Gasteiger partial charge on any atom is 0.160 e. The molecule has 0 fully saturated rings. The van der Waals surface area contributed by atoms with Crippen molar-refractivity contribution in [3.05, 3.63) is 59.2 Å². The van der Waals surface area contributed by atoms with Crippen LogP contribution >= 0.6 is 11.3 Å². The fourth-order valence-corrected chi connectivity index (χ4v) is 3.08. The summed E-state index contributed by atoms with van der Waals surface area (Å²) in [6.07, 6.45) is 3.58. The van der Waals surface area contributed by atoms with E-state index in [1.807, 2.05) is 6.07 Å². The van der Waals surface area contributed by atoms with E-state index < -0.39 is 0 Å². The van der Waals surface area contributed by atoms with Crippen LogP contribution in [0.4, 0.5) is 0 Å². The van der Waals surface area contributed by atoms with Gasteiger partial charge in [-0.1, -0.05) is 18.2 Å². The van der Waals surface area contributed by atoms with Gasteiger partial charge in [0.25, 0.3) is 0 Å². The first kappa shape index (κ1) is 12.1. The highest BCUT2D eigenvalue weighted by molar-refractivity contribution is 7.15. The highest BCUT2D eigenvalue weighted by atomic mass is 32.1. The summed E-state index contributed by atoms with van der Waals surface area (Å²) in [7, 11) is 0. The molecule has 3 rings (SSSR count). The van der Waals surface area contributed by atoms with Gasteiger partial charge >= 0.3 is 0 Å². The zero-order chi connectivity index (χ0) is 13.2. The molecule has 0 aliphatic rings. The second-order valence-corrected chi connectivity index (χ2v) is 5.77. The molecular formula is C16H14N2S. The monoisotopic (exact) mass is 266 g/mol. The number of aromatic nitrogens is 2. The predicted molar refractivity (Wildman–Crippen MR) is 80.3 cm³/mol. The molecule has 0 saturated carbocycles. The Morgan fingerprint density at radius 1 is 0.895 bits per heavy atom. The molecule has 2 aromatic heterocycles. The summed E-state index contributed by atoms with van der Waals surface area (Å²) in [5.41, 5.74) is 3.55. The first-order chi connectivity index (χ1) is 9.25. The molecule has 0 unspecified atom stereocenters. The van der Waals surface area contributed by atoms with E-state index in [1.54, 1.807) is 23.7 Å². The van der Waals surface area contributed by atoms with Crippen molar-refractivity contribution in [2.45, 2.75) is 13.8 Å². The van der Waals surface area contributed by atoms with Crippen LogP contribution in [-0.2, 0) is 0 Å². The molecule has 3 heteroatoms. The fourth-order valence-electron chi connectivity index (χ4n) is 2.18. The Morgan fingerprint density at radius 2 is 1.68 bits per heavy atom. The lowest BCUT2D eigenvalue weighted by Crippen LogP contribution is -1.92. The summed E-state index contributed by atoms with van der Waals surface area (Å²) < 4.78 is 0. The lowest BCUT2D eigenvalue weighted by Gasteiger charge is -2.09. The van der Waals surface area contributed by atoms with Crippen LogP contribution in [-0.4, -0.2) is 9.97 Å². The molecule has 0 aliphatic heterocycles. The molecule has 1 aromatic carbocycles. The third-order valence-electron chi connectivity index (χ3n) is 3.07. The fraction of sp³-hybridized carbons (Fsp3) is 0.125. The van der Waals surface area contributed by atoms with Crippen LogP contribution in [0.25, 0.3) is 21.8 Å². The third kappa shape index (κ3) is 2.29. The Hall–Kier alpha value is -2.00. The summed E-state index contributed by atoms with van der Waals surface area (Å²) in [5, 5.41) is 0. The largest absolute Gasteiger partial charge is 0.237 e. The van der Waals surface area contributed by atoms with Gasteiger partial charge in [-0.05, 0) is 37.6 Å². The molecule has 0 bridgehead atoms. The first-order valence-corrected chi connectivity index (χ1v) is 7.01. The molecule has 19 heavy (non-hydrogen) atoms. The number of nitrogens with zero attached hydrogens (tertiary/aromatic N) is 2. The Balaban J connectivity index is 2.24. The van der Waals surface area contributed by atoms with Crippen molar-refractivity contribution in [1.29, 1.82) is 0 Å². The predicted octanol–water partition coefficient (Wildman–Crippen LogP) is 4.49. The van der Waals surface area contributed by atoms with Crippen molar-refractivity contribution in [3.63, 3.8) is 0 Å². The van der Waals surface area contributed by atoms with Gasteiger partial charge in [0.05, 0.1) is 0 Å². The molecule has 0 atom stereocenters. The summed E-state index contributed by atoms with van der Waals surface area (Å²) >= 11 is 1.80. The zero-order valence-electron chi connectivity index (χ0n) is 10.9. The lowest BCUT2D eigenvalue weighted by atomic mass is 10.00. The Bertz CT molecular complexity index is 702. The van der Waals surface area contributed by atoms with Gasteiger partial charge in [-0.2, -0.15) is 0 Å². The van der Waals surface area contributed by atoms with Gasteiger partial charge in [-0.15, -0.1) is 11.3 Å². The quantitative estimate of drug-likeness (QED) is 0.683. The standard InChI is InChI=1S/C16H14N2S/c1-11-5-3-6-13(14-8-7-12(2)19-14)15(11)16-17-9-4-10-18-16/h3-10H,1-2H3. The minimum Gasteiger partial charge on any atom is -0.237 e. The Labute approximate surface area is 116 Å². The van der Waals surface area contributed by atoms with Crippen molar-refractivity contribution in [3.8, 4) is 21.8 Å². The number of aryl methyl sites for hydroxylation is 2. The van der Waals surface area contributed by atoms with E-state index in [1.165, 1.54) is 20.9 Å². The highest BCUT2D eigenvalue weighted by Gasteiger charge is 2.13. The van der Waals surface area contributed by atoms with E-state index in [-0.39, 0.29) is 0 Å². The van der Waals surface area contributed by atoms with E-state index in [2.05, 4.69) is 54.1 Å². The van der Waals surface area contributed by atoms with E-state index in [9.17, 15) is 0 Å². The number of benzene rings is 1. The van der Waals surface area contributed by atoms with Crippen LogP contribution in [0.2, 0.25) is 0 Å². The van der Waals surface area contributed by atoms with Crippen molar-refractivity contribution < 1.29 is 0 Å². The Morgan fingerprint density at radius 3 is 2.37 bits per heavy atom. The maximum atomic E-state index is 4.40. The molecule has 0 amide bonds. The second-order valence-electron chi connectivity index (χ2n) is 4.48. The van der Waals surface area contributed by atoms with Crippen molar-refractivity contribution in [2.24, 2.45) is 0 Å². The molecular weight excluding hydrogens is 252 g/mol. The van der Waals surface area contributed by atoms with Crippen LogP contribution < -0.4 is 0 Å². The van der Waals surface area contributed by atoms with E-state index in [0.717, 1.165) is 11.4 Å². The molecule has 0 N–H and O–H groups in total. The molecule has 2 nitrogen and oxygen atoms in total. The number of thiophene rings is 1. The van der Waals surface area contributed by atoms with Gasteiger partial charge in [-0.3, -0.25) is 0 Å².